The standard InChI is InChI=1S/C54H51N4O.Pt/c1-52(2,3)38-22-25-47-46(31-38)45-24-23-44(34-48(45)56(47)51-32-39(26-27-55-51)53(4,5)6)59-43-19-15-18-41(33-43)57-35-58(57,50-21-14-13-20-49(50)57)42-29-37(36-16-11-10-12-17-36)28-40(30-42)54(7,8)9;/h10-32,35H,1-9H3;/q-1;/t57?,58-;/m0./s1. The minimum absolute atomic E-state index is 0. The topological polar surface area (TPSA) is 27.1 Å². The Kier molecular flexibility index (Phi) is 9.26. The number of fused-ring (bicyclic) bond motifs is 7. The van der Waals surface area contributed by atoms with E-state index in [0.717, 1.165) is 27.9 Å². The minimum Gasteiger partial charge on any atom is -0.509 e. The molecule has 0 amide bonds. The van der Waals surface area contributed by atoms with Crippen LogP contribution in [-0.4, -0.2) is 9.55 Å². The van der Waals surface area contributed by atoms with Crippen LogP contribution >= 0.6 is 0 Å². The second-order valence-corrected chi connectivity index (χ2v) is 19.4. The number of nitrogens with zero attached hydrogens (tertiary/aromatic N) is 4. The van der Waals surface area contributed by atoms with Gasteiger partial charge in [-0.2, -0.15) is 16.7 Å². The van der Waals surface area contributed by atoms with Gasteiger partial charge in [-0.3, -0.25) is 0 Å². The molecule has 2 atom stereocenters. The van der Waals surface area contributed by atoms with Gasteiger partial charge in [0.05, 0.1) is 5.69 Å². The van der Waals surface area contributed by atoms with Crippen molar-refractivity contribution < 1.29 is 25.8 Å². The number of hydrogen-bond donors (Lipinski definition) is 0. The third kappa shape index (κ3) is 6.20. The van der Waals surface area contributed by atoms with Crippen LogP contribution < -0.4 is 13.9 Å². The molecule has 0 bridgehead atoms. The normalized spacial score (nSPS) is 18.4. The number of quaternary nitrogens is 2. The van der Waals surface area contributed by atoms with Crippen LogP contribution in [-0.2, 0) is 37.3 Å². The van der Waals surface area contributed by atoms with Gasteiger partial charge in [0, 0.05) is 68.5 Å². The fraction of sp³-hybridized carbons (Fsp3) is 0.222. The molecule has 0 N–H and O–H groups in total. The third-order valence-electron chi connectivity index (χ3n) is 12.4. The molecule has 1 fully saturated rings. The van der Waals surface area contributed by atoms with Crippen LogP contribution in [0.3, 0.4) is 0 Å². The molecule has 8 aromatic rings. The molecule has 304 valence electrons. The monoisotopic (exact) mass is 966 g/mol. The van der Waals surface area contributed by atoms with E-state index in [-0.39, 0.29) is 37.3 Å². The van der Waals surface area contributed by atoms with E-state index < -0.39 is 0 Å². The summed E-state index contributed by atoms with van der Waals surface area (Å²) in [5.74, 6) is 2.14. The van der Waals surface area contributed by atoms with E-state index in [1.165, 1.54) is 50.3 Å². The molecule has 2 aliphatic heterocycles. The first-order valence-electron chi connectivity index (χ1n) is 20.7. The van der Waals surface area contributed by atoms with Crippen molar-refractivity contribution in [2.45, 2.75) is 78.6 Å². The molecule has 4 heterocycles. The number of pyridine rings is 1. The smallest absolute Gasteiger partial charge is 0.225 e. The van der Waals surface area contributed by atoms with Crippen LogP contribution in [0.1, 0.15) is 79.0 Å². The molecule has 0 aliphatic carbocycles. The van der Waals surface area contributed by atoms with Gasteiger partial charge in [-0.25, -0.2) is 9.58 Å². The maximum atomic E-state index is 6.74. The fourth-order valence-corrected chi connectivity index (χ4v) is 8.98. The summed E-state index contributed by atoms with van der Waals surface area (Å²) < 4.78 is 10.1. The van der Waals surface area contributed by atoms with Crippen molar-refractivity contribution in [3.8, 4) is 28.4 Å². The van der Waals surface area contributed by atoms with Crippen molar-refractivity contribution in [3.05, 3.63) is 175 Å². The predicted octanol–water partition coefficient (Wildman–Crippen LogP) is 14.5. The van der Waals surface area contributed by atoms with E-state index in [1.807, 2.05) is 18.3 Å². The maximum absolute atomic E-state index is 6.74. The van der Waals surface area contributed by atoms with E-state index >= 15 is 0 Å². The van der Waals surface area contributed by atoms with Crippen molar-refractivity contribution in [1.82, 2.24) is 18.7 Å². The van der Waals surface area contributed by atoms with E-state index in [9.17, 15) is 0 Å². The zero-order valence-electron chi connectivity index (χ0n) is 35.9. The van der Waals surface area contributed by atoms with Crippen molar-refractivity contribution in [2.24, 2.45) is 0 Å². The average Bonchev–Trinajstić information content (AvgIpc) is 3.71. The van der Waals surface area contributed by atoms with E-state index in [4.69, 9.17) is 9.72 Å². The Morgan fingerprint density at radius 3 is 1.93 bits per heavy atom. The Balaban J connectivity index is 0.00000462. The second kappa shape index (κ2) is 13.9. The Labute approximate surface area is 369 Å². The molecule has 2 aromatic heterocycles. The summed E-state index contributed by atoms with van der Waals surface area (Å²) in [5.41, 5.74) is 13.0. The van der Waals surface area contributed by atoms with Gasteiger partial charge >= 0.3 is 0 Å². The Hall–Kier alpha value is -5.32. The van der Waals surface area contributed by atoms with E-state index in [2.05, 4.69) is 207 Å². The molecule has 6 aromatic carbocycles. The Morgan fingerprint density at radius 2 is 1.22 bits per heavy atom. The van der Waals surface area contributed by atoms with Crippen LogP contribution in [0.2, 0.25) is 0 Å². The first-order valence-corrected chi connectivity index (χ1v) is 20.7. The molecule has 10 rings (SSSR count). The average molecular weight is 967 g/mol. The number of ether oxygens (including phenoxy) is 1. The molecular formula is C54H51N4OPt-. The molecule has 2 aliphatic rings. The second-order valence-electron chi connectivity index (χ2n) is 19.4. The summed E-state index contributed by atoms with van der Waals surface area (Å²) in [5, 5.41) is 2.29. The molecule has 1 saturated heterocycles. The zero-order chi connectivity index (χ0) is 41.1. The van der Waals surface area contributed by atoms with Gasteiger partial charge in [-0.15, -0.1) is 29.7 Å². The van der Waals surface area contributed by atoms with Gasteiger partial charge in [0.1, 0.15) is 5.82 Å². The van der Waals surface area contributed by atoms with Crippen LogP contribution in [0.25, 0.3) is 38.8 Å². The van der Waals surface area contributed by atoms with E-state index in [0.29, 0.717) is 20.7 Å². The third-order valence-corrected chi connectivity index (χ3v) is 12.4. The van der Waals surface area contributed by atoms with Crippen molar-refractivity contribution in [2.75, 3.05) is 0 Å². The van der Waals surface area contributed by atoms with Gasteiger partial charge in [0.2, 0.25) is 11.4 Å². The molecule has 0 spiro atoms. The van der Waals surface area contributed by atoms with Gasteiger partial charge in [0.25, 0.3) is 0 Å². The van der Waals surface area contributed by atoms with Crippen LogP contribution in [0.4, 0.5) is 22.7 Å². The van der Waals surface area contributed by atoms with Gasteiger partial charge in [0.15, 0.2) is 12.4 Å². The minimum atomic E-state index is -0.0303. The summed E-state index contributed by atoms with van der Waals surface area (Å²) >= 11 is 0. The van der Waals surface area contributed by atoms with Crippen LogP contribution in [0.15, 0.2) is 140 Å². The van der Waals surface area contributed by atoms with Gasteiger partial charge < -0.3 is 9.30 Å². The molecular weight excluding hydrogens is 916 g/mol. The van der Waals surface area contributed by atoms with Gasteiger partial charge in [-0.05, 0) is 67.6 Å². The molecule has 0 radical (unpaired) electrons. The fourth-order valence-electron chi connectivity index (χ4n) is 8.98. The molecule has 60 heavy (non-hydrogen) atoms. The van der Waals surface area contributed by atoms with Crippen molar-refractivity contribution >= 4 is 44.6 Å². The molecule has 1 unspecified atom stereocenters. The summed E-state index contributed by atoms with van der Waals surface area (Å²) in [6.07, 6.45) is 1.92. The summed E-state index contributed by atoms with van der Waals surface area (Å²) in [6.45, 7) is 22.8. The first kappa shape index (κ1) is 40.1. The quantitative estimate of drug-likeness (QED) is 0.0943. The number of para-hydroxylation sites is 2. The summed E-state index contributed by atoms with van der Waals surface area (Å²) in [6, 6.07) is 55.7. The SMILES string of the molecule is CC(C)(C)c1cc(-c2ccccc2)cc([N@+]23[CH-][N+]2(c2[c-]c(Oc4[c-]c5c(cc4)c4cc(C(C)(C)C)ccc4n5-c4cc(C(C)(C)C)ccn4)ccc2)c2ccccc23)c1.[Pt]. The van der Waals surface area contributed by atoms with E-state index in [1.54, 1.807) is 0 Å². The number of benzene rings is 6. The number of rotatable bonds is 6. The number of hydrogen-bond acceptors (Lipinski definition) is 2. The van der Waals surface area contributed by atoms with Crippen LogP contribution in [0, 0.1) is 18.8 Å². The molecule has 6 heteroatoms. The summed E-state index contributed by atoms with van der Waals surface area (Å²) in [7, 11) is 0. The molecule has 5 nitrogen and oxygen atoms in total. The van der Waals surface area contributed by atoms with Crippen molar-refractivity contribution in [3.63, 3.8) is 0 Å². The Bertz CT molecular complexity index is 2960. The van der Waals surface area contributed by atoms with Gasteiger partial charge in [-0.1, -0.05) is 135 Å². The largest absolute Gasteiger partial charge is 0.509 e. The van der Waals surface area contributed by atoms with Crippen LogP contribution in [0.5, 0.6) is 11.5 Å². The van der Waals surface area contributed by atoms with Crippen molar-refractivity contribution in [1.29, 1.82) is 0 Å². The Morgan fingerprint density at radius 1 is 0.550 bits per heavy atom. The summed E-state index contributed by atoms with van der Waals surface area (Å²) in [4.78, 5) is 4.92. The zero-order valence-corrected chi connectivity index (χ0v) is 38.1. The maximum Gasteiger partial charge on any atom is 0.225 e. The molecule has 0 saturated carbocycles. The predicted molar refractivity (Wildman–Crippen MR) is 244 cm³/mol. The first-order chi connectivity index (χ1) is 28.1. The number of aromatic nitrogens is 2.